The predicted octanol–water partition coefficient (Wildman–Crippen LogP) is 1.75. The van der Waals surface area contributed by atoms with Crippen LogP contribution in [-0.4, -0.2) is 18.6 Å². The van der Waals surface area contributed by atoms with E-state index in [0.29, 0.717) is 19.1 Å². The zero-order chi connectivity index (χ0) is 13.0. The van der Waals surface area contributed by atoms with Crippen LogP contribution in [0, 0.1) is 0 Å². The second kappa shape index (κ2) is 5.87. The van der Waals surface area contributed by atoms with Gasteiger partial charge in [-0.1, -0.05) is 12.1 Å². The molecule has 0 aliphatic heterocycles. The normalized spacial score (nSPS) is 16.1. The van der Waals surface area contributed by atoms with Crippen molar-refractivity contribution in [1.29, 1.82) is 0 Å². The third-order valence-electron chi connectivity index (χ3n) is 2.95. The molecule has 4 nitrogen and oxygen atoms in total. The molecule has 1 amide bonds. The molecule has 0 aromatic heterocycles. The van der Waals surface area contributed by atoms with Gasteiger partial charge < -0.3 is 15.8 Å². The average Bonchev–Trinajstić information content (AvgIpc) is 3.13. The Balaban J connectivity index is 1.91. The van der Waals surface area contributed by atoms with Crippen molar-refractivity contribution in [3.8, 4) is 5.75 Å². The Morgan fingerprint density at radius 3 is 3.00 bits per heavy atom. The first-order chi connectivity index (χ1) is 8.69. The van der Waals surface area contributed by atoms with Gasteiger partial charge in [-0.25, -0.2) is 0 Å². The number of hydrogen-bond donors (Lipinski definition) is 2. The number of hydrogen-bond acceptors (Lipinski definition) is 3. The third-order valence-corrected chi connectivity index (χ3v) is 2.95. The van der Waals surface area contributed by atoms with E-state index in [-0.39, 0.29) is 11.9 Å². The van der Waals surface area contributed by atoms with E-state index in [2.05, 4.69) is 5.32 Å². The van der Waals surface area contributed by atoms with Gasteiger partial charge in [-0.3, -0.25) is 4.79 Å². The zero-order valence-corrected chi connectivity index (χ0v) is 10.7. The topological polar surface area (TPSA) is 64.3 Å². The maximum absolute atomic E-state index is 11.7. The van der Waals surface area contributed by atoms with Crippen LogP contribution >= 0.6 is 0 Å². The number of carbonyl (C=O) groups is 1. The van der Waals surface area contributed by atoms with Crippen molar-refractivity contribution in [1.82, 2.24) is 5.32 Å². The molecule has 0 heterocycles. The summed E-state index contributed by atoms with van der Waals surface area (Å²) >= 11 is 0. The molecule has 18 heavy (non-hydrogen) atoms. The highest BCUT2D eigenvalue weighted by Crippen LogP contribution is 2.22. The molecular formula is C14H20N2O2. The smallest absolute Gasteiger partial charge is 0.222 e. The van der Waals surface area contributed by atoms with E-state index in [4.69, 9.17) is 10.5 Å². The molecule has 98 valence electrons. The zero-order valence-electron chi connectivity index (χ0n) is 10.7. The summed E-state index contributed by atoms with van der Waals surface area (Å²) < 4.78 is 5.42. The Morgan fingerprint density at radius 2 is 2.33 bits per heavy atom. The number of benzene rings is 1. The molecule has 0 spiro atoms. The van der Waals surface area contributed by atoms with Crippen molar-refractivity contribution in [3.63, 3.8) is 0 Å². The minimum atomic E-state index is -0.274. The molecule has 0 saturated heterocycles. The first-order valence-electron chi connectivity index (χ1n) is 6.46. The van der Waals surface area contributed by atoms with E-state index >= 15 is 0 Å². The number of rotatable bonds is 6. The first-order valence-corrected chi connectivity index (χ1v) is 6.46. The number of amides is 1. The van der Waals surface area contributed by atoms with Crippen LogP contribution < -0.4 is 15.8 Å². The molecule has 1 aliphatic rings. The molecule has 1 aliphatic carbocycles. The monoisotopic (exact) mass is 248 g/mol. The summed E-state index contributed by atoms with van der Waals surface area (Å²) in [5.41, 5.74) is 6.98. The van der Waals surface area contributed by atoms with E-state index in [1.807, 2.05) is 31.2 Å². The third kappa shape index (κ3) is 3.74. The van der Waals surface area contributed by atoms with Gasteiger partial charge in [0.15, 0.2) is 0 Å². The van der Waals surface area contributed by atoms with Gasteiger partial charge in [0.05, 0.1) is 6.61 Å². The van der Waals surface area contributed by atoms with Gasteiger partial charge in [-0.2, -0.15) is 0 Å². The van der Waals surface area contributed by atoms with Gasteiger partial charge >= 0.3 is 0 Å². The van der Waals surface area contributed by atoms with E-state index in [1.165, 1.54) is 0 Å². The Morgan fingerprint density at radius 1 is 1.56 bits per heavy atom. The Hall–Kier alpha value is -1.55. The van der Waals surface area contributed by atoms with Gasteiger partial charge in [0, 0.05) is 18.5 Å². The van der Waals surface area contributed by atoms with Gasteiger partial charge in [0.1, 0.15) is 5.75 Å². The van der Waals surface area contributed by atoms with E-state index in [9.17, 15) is 4.79 Å². The number of carbonyl (C=O) groups excluding carboxylic acids is 1. The van der Waals surface area contributed by atoms with Crippen molar-refractivity contribution in [2.45, 2.75) is 38.3 Å². The highest BCUT2D eigenvalue weighted by atomic mass is 16.5. The largest absolute Gasteiger partial charge is 0.494 e. The van der Waals surface area contributed by atoms with Crippen LogP contribution in [0.3, 0.4) is 0 Å². The van der Waals surface area contributed by atoms with Gasteiger partial charge in [-0.05, 0) is 37.5 Å². The minimum Gasteiger partial charge on any atom is -0.494 e. The lowest BCUT2D eigenvalue weighted by Crippen LogP contribution is -2.29. The lowest BCUT2D eigenvalue weighted by molar-refractivity contribution is -0.121. The fraction of sp³-hybridized carbons (Fsp3) is 0.500. The van der Waals surface area contributed by atoms with Crippen LogP contribution in [0.25, 0.3) is 0 Å². The van der Waals surface area contributed by atoms with E-state index < -0.39 is 0 Å². The summed E-state index contributed by atoms with van der Waals surface area (Å²) in [6, 6.07) is 7.74. The predicted molar refractivity (Wildman–Crippen MR) is 70.3 cm³/mol. The van der Waals surface area contributed by atoms with Crippen molar-refractivity contribution < 1.29 is 9.53 Å². The van der Waals surface area contributed by atoms with Crippen LogP contribution in [0.4, 0.5) is 0 Å². The Labute approximate surface area is 108 Å². The van der Waals surface area contributed by atoms with Crippen molar-refractivity contribution >= 4 is 5.91 Å². The summed E-state index contributed by atoms with van der Waals surface area (Å²) in [5.74, 6) is 0.833. The van der Waals surface area contributed by atoms with Gasteiger partial charge in [0.25, 0.3) is 0 Å². The maximum Gasteiger partial charge on any atom is 0.222 e. The van der Waals surface area contributed by atoms with Crippen LogP contribution in [0.2, 0.25) is 0 Å². The second-order valence-electron chi connectivity index (χ2n) is 4.66. The number of ether oxygens (including phenoxy) is 1. The molecule has 1 fully saturated rings. The molecule has 0 radical (unpaired) electrons. The summed E-state index contributed by atoms with van der Waals surface area (Å²) in [4.78, 5) is 11.7. The van der Waals surface area contributed by atoms with Crippen molar-refractivity contribution in [3.05, 3.63) is 29.8 Å². The molecule has 1 saturated carbocycles. The molecule has 2 rings (SSSR count). The number of nitrogens with two attached hydrogens (primary N) is 1. The maximum atomic E-state index is 11.7. The fourth-order valence-corrected chi connectivity index (χ4v) is 1.83. The summed E-state index contributed by atoms with van der Waals surface area (Å²) in [5, 5.41) is 2.94. The Kier molecular flexibility index (Phi) is 4.20. The standard InChI is InChI=1S/C14H20N2O2/c1-2-18-12-5-3-4-10(8-12)13(15)9-14(17)16-11-6-7-11/h3-5,8,11,13H,2,6-7,9,15H2,1H3,(H,16,17). The van der Waals surface area contributed by atoms with Crippen LogP contribution in [0.1, 0.15) is 37.8 Å². The van der Waals surface area contributed by atoms with Crippen LogP contribution in [0.5, 0.6) is 5.75 Å². The summed E-state index contributed by atoms with van der Waals surface area (Å²) in [6.45, 7) is 2.57. The minimum absolute atomic E-state index is 0.0341. The molecule has 0 bridgehead atoms. The molecule has 1 aromatic rings. The average molecular weight is 248 g/mol. The quantitative estimate of drug-likeness (QED) is 0.806. The number of nitrogens with one attached hydrogen (secondary N) is 1. The lowest BCUT2D eigenvalue weighted by atomic mass is 10.0. The fourth-order valence-electron chi connectivity index (χ4n) is 1.83. The molecule has 1 unspecified atom stereocenters. The van der Waals surface area contributed by atoms with Crippen molar-refractivity contribution in [2.75, 3.05) is 6.61 Å². The lowest BCUT2D eigenvalue weighted by Gasteiger charge is -2.13. The highest BCUT2D eigenvalue weighted by Gasteiger charge is 2.24. The first kappa shape index (κ1) is 12.9. The molecule has 4 heteroatoms. The Bertz CT molecular complexity index is 416. The van der Waals surface area contributed by atoms with E-state index in [1.54, 1.807) is 0 Å². The molecule has 1 atom stereocenters. The highest BCUT2D eigenvalue weighted by molar-refractivity contribution is 5.77. The van der Waals surface area contributed by atoms with Crippen molar-refractivity contribution in [2.24, 2.45) is 5.73 Å². The summed E-state index contributed by atoms with van der Waals surface area (Å²) in [7, 11) is 0. The SMILES string of the molecule is CCOc1cccc(C(N)CC(=O)NC2CC2)c1. The van der Waals surface area contributed by atoms with Crippen LogP contribution in [0.15, 0.2) is 24.3 Å². The molecule has 3 N–H and O–H groups in total. The van der Waals surface area contributed by atoms with Gasteiger partial charge in [-0.15, -0.1) is 0 Å². The van der Waals surface area contributed by atoms with Gasteiger partial charge in [0.2, 0.25) is 5.91 Å². The molecular weight excluding hydrogens is 228 g/mol. The van der Waals surface area contributed by atoms with E-state index in [0.717, 1.165) is 24.2 Å². The molecule has 1 aromatic carbocycles. The van der Waals surface area contributed by atoms with Crippen LogP contribution in [-0.2, 0) is 4.79 Å². The second-order valence-corrected chi connectivity index (χ2v) is 4.66. The summed E-state index contributed by atoms with van der Waals surface area (Å²) in [6.07, 6.45) is 2.52.